The molecule has 1 aromatic heterocycles. The zero-order valence-electron chi connectivity index (χ0n) is 9.23. The topological polar surface area (TPSA) is 74.2 Å². The Balaban J connectivity index is 2.19. The van der Waals surface area contributed by atoms with Crippen LogP contribution >= 0.6 is 0 Å². The van der Waals surface area contributed by atoms with E-state index in [1.54, 1.807) is 14.0 Å². The Bertz CT molecular complexity index is 494. The van der Waals surface area contributed by atoms with Crippen molar-refractivity contribution < 1.29 is 9.15 Å². The molecule has 0 aliphatic carbocycles. The van der Waals surface area contributed by atoms with Crippen LogP contribution in [-0.2, 0) is 6.42 Å². The Kier molecular flexibility index (Phi) is 2.76. The largest absolute Gasteiger partial charge is 0.495 e. The summed E-state index contributed by atoms with van der Waals surface area (Å²) in [5.41, 5.74) is 7.42. The molecule has 0 unspecified atom stereocenters. The smallest absolute Gasteiger partial charge is 0.220 e. The fourth-order valence-electron chi connectivity index (χ4n) is 1.48. The fourth-order valence-corrected chi connectivity index (χ4v) is 1.48. The maximum absolute atomic E-state index is 5.80. The third kappa shape index (κ3) is 2.13. The summed E-state index contributed by atoms with van der Waals surface area (Å²) < 4.78 is 10.4. The number of nitrogen functional groups attached to an aromatic ring is 1. The van der Waals surface area contributed by atoms with Gasteiger partial charge in [-0.15, -0.1) is 10.2 Å². The lowest BCUT2D eigenvalue weighted by atomic mass is 10.1. The number of nitrogens with zero attached hydrogens (tertiary/aromatic N) is 2. The molecule has 5 heteroatoms. The first-order valence-electron chi connectivity index (χ1n) is 4.90. The van der Waals surface area contributed by atoms with Gasteiger partial charge in [0.2, 0.25) is 11.8 Å². The summed E-state index contributed by atoms with van der Waals surface area (Å²) in [5.74, 6) is 1.82. The minimum absolute atomic E-state index is 0.566. The second-order valence-corrected chi connectivity index (χ2v) is 3.47. The molecular weight excluding hydrogens is 206 g/mol. The molecule has 0 spiro atoms. The molecular formula is C11H13N3O2. The number of hydrogen-bond acceptors (Lipinski definition) is 5. The third-order valence-electron chi connectivity index (χ3n) is 2.22. The number of benzene rings is 1. The Morgan fingerprint density at radius 2 is 2.19 bits per heavy atom. The van der Waals surface area contributed by atoms with Crippen LogP contribution in [0.3, 0.4) is 0 Å². The van der Waals surface area contributed by atoms with E-state index in [0.29, 0.717) is 29.6 Å². The summed E-state index contributed by atoms with van der Waals surface area (Å²) in [6.07, 6.45) is 0.578. The first-order chi connectivity index (χ1) is 7.69. The average molecular weight is 219 g/mol. The second-order valence-electron chi connectivity index (χ2n) is 3.47. The zero-order valence-corrected chi connectivity index (χ0v) is 9.23. The lowest BCUT2D eigenvalue weighted by Crippen LogP contribution is -1.95. The van der Waals surface area contributed by atoms with Crippen LogP contribution in [0, 0.1) is 6.92 Å². The van der Waals surface area contributed by atoms with E-state index < -0.39 is 0 Å². The first kappa shape index (κ1) is 10.5. The number of nitrogens with two attached hydrogens (primary N) is 1. The van der Waals surface area contributed by atoms with Gasteiger partial charge in [0.25, 0.3) is 0 Å². The van der Waals surface area contributed by atoms with Crippen molar-refractivity contribution >= 4 is 5.69 Å². The number of aromatic nitrogens is 2. The van der Waals surface area contributed by atoms with E-state index in [0.717, 1.165) is 5.56 Å². The molecule has 0 saturated heterocycles. The summed E-state index contributed by atoms with van der Waals surface area (Å²) in [4.78, 5) is 0. The van der Waals surface area contributed by atoms with Crippen LogP contribution in [0.15, 0.2) is 22.6 Å². The quantitative estimate of drug-likeness (QED) is 0.793. The van der Waals surface area contributed by atoms with Gasteiger partial charge < -0.3 is 14.9 Å². The van der Waals surface area contributed by atoms with Gasteiger partial charge in [-0.2, -0.15) is 0 Å². The molecule has 2 aromatic rings. The molecule has 84 valence electrons. The highest BCUT2D eigenvalue weighted by molar-refractivity contribution is 5.54. The van der Waals surface area contributed by atoms with E-state index in [4.69, 9.17) is 14.9 Å². The summed E-state index contributed by atoms with van der Waals surface area (Å²) in [7, 11) is 1.59. The van der Waals surface area contributed by atoms with Gasteiger partial charge in [0.05, 0.1) is 19.2 Å². The maximum atomic E-state index is 5.80. The van der Waals surface area contributed by atoms with Crippen molar-refractivity contribution in [2.24, 2.45) is 0 Å². The molecule has 1 heterocycles. The highest BCUT2D eigenvalue weighted by Gasteiger charge is 2.06. The first-order valence-corrected chi connectivity index (χ1v) is 4.90. The molecule has 0 radical (unpaired) electrons. The van der Waals surface area contributed by atoms with Crippen molar-refractivity contribution in [3.05, 3.63) is 35.5 Å². The lowest BCUT2D eigenvalue weighted by Gasteiger charge is -2.05. The molecule has 0 fully saturated rings. The number of ether oxygens (including phenoxy) is 1. The molecule has 0 aliphatic heterocycles. The minimum Gasteiger partial charge on any atom is -0.495 e. The van der Waals surface area contributed by atoms with Crippen LogP contribution in [-0.4, -0.2) is 17.3 Å². The standard InChI is InChI=1S/C11H13N3O2/c1-7-13-14-11(16-7)6-8-3-4-10(15-2)9(12)5-8/h3-5H,6,12H2,1-2H3. The molecule has 5 nitrogen and oxygen atoms in total. The highest BCUT2D eigenvalue weighted by atomic mass is 16.5. The van der Waals surface area contributed by atoms with E-state index in [1.807, 2.05) is 18.2 Å². The van der Waals surface area contributed by atoms with E-state index in [9.17, 15) is 0 Å². The predicted molar refractivity (Wildman–Crippen MR) is 59.2 cm³/mol. The molecule has 1 aromatic carbocycles. The van der Waals surface area contributed by atoms with E-state index >= 15 is 0 Å². The predicted octanol–water partition coefficient (Wildman–Crippen LogP) is 1.56. The number of rotatable bonds is 3. The molecule has 0 bridgehead atoms. The monoisotopic (exact) mass is 219 g/mol. The minimum atomic E-state index is 0.566. The molecule has 2 N–H and O–H groups in total. The number of anilines is 1. The van der Waals surface area contributed by atoms with E-state index in [1.165, 1.54) is 0 Å². The SMILES string of the molecule is COc1ccc(Cc2nnc(C)o2)cc1N. The average Bonchev–Trinajstić information content (AvgIpc) is 2.64. The summed E-state index contributed by atoms with van der Waals surface area (Å²) in [5, 5.41) is 7.69. The van der Waals surface area contributed by atoms with Gasteiger partial charge in [0.15, 0.2) is 0 Å². The molecule has 0 amide bonds. The van der Waals surface area contributed by atoms with Crippen LogP contribution in [0.2, 0.25) is 0 Å². The van der Waals surface area contributed by atoms with Crippen LogP contribution in [0.4, 0.5) is 5.69 Å². The third-order valence-corrected chi connectivity index (χ3v) is 2.22. The number of hydrogen-bond donors (Lipinski definition) is 1. The molecule has 2 rings (SSSR count). The van der Waals surface area contributed by atoms with Crippen LogP contribution in [0.25, 0.3) is 0 Å². The highest BCUT2D eigenvalue weighted by Crippen LogP contribution is 2.22. The van der Waals surface area contributed by atoms with Gasteiger partial charge in [0, 0.05) is 6.92 Å². The zero-order chi connectivity index (χ0) is 11.5. The van der Waals surface area contributed by atoms with Gasteiger partial charge in [-0.1, -0.05) is 6.07 Å². The molecule has 0 aliphatic rings. The van der Waals surface area contributed by atoms with E-state index in [-0.39, 0.29) is 0 Å². The molecule has 0 saturated carbocycles. The van der Waals surface area contributed by atoms with Crippen molar-refractivity contribution in [1.29, 1.82) is 0 Å². The number of aryl methyl sites for hydroxylation is 1. The van der Waals surface area contributed by atoms with Gasteiger partial charge >= 0.3 is 0 Å². The normalized spacial score (nSPS) is 10.4. The summed E-state index contributed by atoms with van der Waals surface area (Å²) >= 11 is 0. The molecule has 16 heavy (non-hydrogen) atoms. The maximum Gasteiger partial charge on any atom is 0.220 e. The van der Waals surface area contributed by atoms with Gasteiger partial charge in [-0.3, -0.25) is 0 Å². The van der Waals surface area contributed by atoms with Gasteiger partial charge in [-0.25, -0.2) is 0 Å². The Labute approximate surface area is 93.2 Å². The van der Waals surface area contributed by atoms with Crippen molar-refractivity contribution in [1.82, 2.24) is 10.2 Å². The van der Waals surface area contributed by atoms with Crippen LogP contribution in [0.5, 0.6) is 5.75 Å². The summed E-state index contributed by atoms with van der Waals surface area (Å²) in [6.45, 7) is 1.76. The van der Waals surface area contributed by atoms with Crippen molar-refractivity contribution in [2.75, 3.05) is 12.8 Å². The van der Waals surface area contributed by atoms with Crippen molar-refractivity contribution in [3.63, 3.8) is 0 Å². The van der Waals surface area contributed by atoms with Gasteiger partial charge in [0.1, 0.15) is 5.75 Å². The Morgan fingerprint density at radius 1 is 1.38 bits per heavy atom. The fraction of sp³-hybridized carbons (Fsp3) is 0.273. The second kappa shape index (κ2) is 4.22. The Morgan fingerprint density at radius 3 is 2.75 bits per heavy atom. The number of methoxy groups -OCH3 is 1. The van der Waals surface area contributed by atoms with Gasteiger partial charge in [-0.05, 0) is 17.7 Å². The van der Waals surface area contributed by atoms with Crippen molar-refractivity contribution in [2.45, 2.75) is 13.3 Å². The lowest BCUT2D eigenvalue weighted by molar-refractivity contribution is 0.416. The summed E-state index contributed by atoms with van der Waals surface area (Å²) in [6, 6.07) is 5.60. The van der Waals surface area contributed by atoms with Crippen LogP contribution in [0.1, 0.15) is 17.3 Å². The van der Waals surface area contributed by atoms with Crippen LogP contribution < -0.4 is 10.5 Å². The molecule has 0 atom stereocenters. The Hall–Kier alpha value is -2.04. The van der Waals surface area contributed by atoms with E-state index in [2.05, 4.69) is 10.2 Å². The van der Waals surface area contributed by atoms with Crippen molar-refractivity contribution in [3.8, 4) is 5.75 Å².